The fourth-order valence-electron chi connectivity index (χ4n) is 3.93. The van der Waals surface area contributed by atoms with E-state index < -0.39 is 0 Å². The molecule has 1 saturated heterocycles. The van der Waals surface area contributed by atoms with Crippen molar-refractivity contribution in [3.05, 3.63) is 56.8 Å². The van der Waals surface area contributed by atoms with Crippen molar-refractivity contribution in [2.75, 3.05) is 13.2 Å². The topological polar surface area (TPSA) is 78.1 Å². The number of hydrogen-bond acceptors (Lipinski definition) is 7. The predicted molar refractivity (Wildman–Crippen MR) is 105 cm³/mol. The van der Waals surface area contributed by atoms with E-state index in [1.54, 1.807) is 40.7 Å². The Kier molecular flexibility index (Phi) is 4.79. The highest BCUT2D eigenvalue weighted by molar-refractivity contribution is 7.11. The molecule has 0 N–H and O–H groups in total. The molecule has 8 nitrogen and oxygen atoms in total. The molecule has 1 unspecified atom stereocenters. The maximum Gasteiger partial charge on any atom is 0.266 e. The monoisotopic (exact) mass is 398 g/mol. The van der Waals surface area contributed by atoms with E-state index in [4.69, 9.17) is 9.72 Å². The van der Waals surface area contributed by atoms with Gasteiger partial charge in [-0.1, -0.05) is 0 Å². The first kappa shape index (κ1) is 17.7. The van der Waals surface area contributed by atoms with Crippen LogP contribution >= 0.6 is 11.3 Å². The molecule has 28 heavy (non-hydrogen) atoms. The molecule has 3 aromatic heterocycles. The summed E-state index contributed by atoms with van der Waals surface area (Å²) in [6.45, 7) is 3.91. The van der Waals surface area contributed by atoms with E-state index in [0.29, 0.717) is 25.0 Å². The minimum absolute atomic E-state index is 0.0717. The average molecular weight is 398 g/mol. The summed E-state index contributed by atoms with van der Waals surface area (Å²) in [7, 11) is 0. The highest BCUT2D eigenvalue weighted by atomic mass is 32.1. The van der Waals surface area contributed by atoms with Gasteiger partial charge in [-0.25, -0.2) is 14.6 Å². The number of likely N-dealkylation sites (tertiary alicyclic amines) is 1. The lowest BCUT2D eigenvalue weighted by molar-refractivity contribution is 0.112. The Bertz CT molecular complexity index is 988. The van der Waals surface area contributed by atoms with Gasteiger partial charge in [0.15, 0.2) is 5.82 Å². The zero-order chi connectivity index (χ0) is 18.9. The van der Waals surface area contributed by atoms with Gasteiger partial charge in [-0.2, -0.15) is 5.10 Å². The molecule has 5 heterocycles. The van der Waals surface area contributed by atoms with Gasteiger partial charge in [0.05, 0.1) is 36.9 Å². The molecule has 0 bridgehead atoms. The Morgan fingerprint density at radius 1 is 1.32 bits per heavy atom. The van der Waals surface area contributed by atoms with Gasteiger partial charge in [-0.3, -0.25) is 14.3 Å². The van der Waals surface area contributed by atoms with Crippen LogP contribution in [-0.2, 0) is 30.9 Å². The van der Waals surface area contributed by atoms with Crippen molar-refractivity contribution in [3.63, 3.8) is 0 Å². The Morgan fingerprint density at radius 2 is 2.29 bits per heavy atom. The van der Waals surface area contributed by atoms with Gasteiger partial charge in [-0.05, 0) is 25.5 Å². The Morgan fingerprint density at radius 3 is 3.14 bits per heavy atom. The minimum atomic E-state index is -0.0717. The first-order valence-electron chi connectivity index (χ1n) is 9.62. The molecule has 0 amide bonds. The second kappa shape index (κ2) is 7.57. The lowest BCUT2D eigenvalue weighted by Gasteiger charge is -2.23. The van der Waals surface area contributed by atoms with Crippen LogP contribution < -0.4 is 5.56 Å². The lowest BCUT2D eigenvalue weighted by Crippen LogP contribution is -2.36. The standard InChI is InChI=1S/C19H22N6O2S/c26-19-4-3-17(24-8-6-20-13-24)22-25(19)10-14-2-1-7-23(14)11-18-21-15-5-9-27-12-16(15)28-18/h3-4,6,8,13-14H,1-2,5,7,9-12H2. The summed E-state index contributed by atoms with van der Waals surface area (Å²) in [5.74, 6) is 0.703. The molecule has 0 aliphatic carbocycles. The largest absolute Gasteiger partial charge is 0.375 e. The fourth-order valence-corrected chi connectivity index (χ4v) is 5.01. The van der Waals surface area contributed by atoms with E-state index in [2.05, 4.69) is 15.0 Å². The van der Waals surface area contributed by atoms with Crippen LogP contribution in [0.2, 0.25) is 0 Å². The predicted octanol–water partition coefficient (Wildman–Crippen LogP) is 1.62. The lowest BCUT2D eigenvalue weighted by atomic mass is 10.2. The molecule has 146 valence electrons. The Hall–Kier alpha value is -2.36. The number of hydrogen-bond donors (Lipinski definition) is 0. The summed E-state index contributed by atoms with van der Waals surface area (Å²) < 4.78 is 8.93. The van der Waals surface area contributed by atoms with E-state index >= 15 is 0 Å². The average Bonchev–Trinajstić information content (AvgIpc) is 3.45. The number of thiazole rings is 1. The van der Waals surface area contributed by atoms with Crippen LogP contribution in [0.3, 0.4) is 0 Å². The molecule has 3 aromatic rings. The van der Waals surface area contributed by atoms with Crippen molar-refractivity contribution in [2.45, 2.75) is 45.0 Å². The summed E-state index contributed by atoms with van der Waals surface area (Å²) in [4.78, 5) is 24.9. The summed E-state index contributed by atoms with van der Waals surface area (Å²) in [6, 6.07) is 3.60. The SMILES string of the molecule is O=c1ccc(-n2ccnc2)nn1CC1CCCN1Cc1nc2c(s1)COCC2. The summed E-state index contributed by atoms with van der Waals surface area (Å²) in [5, 5.41) is 5.69. The van der Waals surface area contributed by atoms with Gasteiger partial charge in [0, 0.05) is 30.9 Å². The highest BCUT2D eigenvalue weighted by Crippen LogP contribution is 2.27. The van der Waals surface area contributed by atoms with Crippen molar-refractivity contribution < 1.29 is 4.74 Å². The Labute approximate surface area is 166 Å². The molecule has 5 rings (SSSR count). The first-order valence-corrected chi connectivity index (χ1v) is 10.4. The van der Waals surface area contributed by atoms with Gasteiger partial charge in [0.1, 0.15) is 11.3 Å². The summed E-state index contributed by atoms with van der Waals surface area (Å²) in [6.07, 6.45) is 8.33. The number of imidazole rings is 1. The third-order valence-electron chi connectivity index (χ3n) is 5.38. The molecule has 1 fully saturated rings. The molecule has 0 aromatic carbocycles. The van der Waals surface area contributed by atoms with Crippen LogP contribution in [0.15, 0.2) is 35.6 Å². The molecule has 2 aliphatic rings. The van der Waals surface area contributed by atoms with Crippen LogP contribution in [0.25, 0.3) is 5.82 Å². The van der Waals surface area contributed by atoms with Crippen molar-refractivity contribution in [3.8, 4) is 5.82 Å². The van der Waals surface area contributed by atoms with Gasteiger partial charge in [0.2, 0.25) is 0 Å². The molecule has 0 saturated carbocycles. The van der Waals surface area contributed by atoms with E-state index in [0.717, 1.165) is 44.0 Å². The maximum atomic E-state index is 12.4. The molecule has 0 radical (unpaired) electrons. The zero-order valence-corrected chi connectivity index (χ0v) is 16.3. The van der Waals surface area contributed by atoms with E-state index in [-0.39, 0.29) is 5.56 Å². The highest BCUT2D eigenvalue weighted by Gasteiger charge is 2.27. The van der Waals surface area contributed by atoms with Crippen molar-refractivity contribution in [1.29, 1.82) is 0 Å². The van der Waals surface area contributed by atoms with E-state index in [9.17, 15) is 4.79 Å². The number of nitrogens with zero attached hydrogens (tertiary/aromatic N) is 6. The third kappa shape index (κ3) is 3.52. The van der Waals surface area contributed by atoms with E-state index in [1.807, 2.05) is 10.8 Å². The summed E-state index contributed by atoms with van der Waals surface area (Å²) >= 11 is 1.76. The van der Waals surface area contributed by atoms with Gasteiger partial charge in [0.25, 0.3) is 5.56 Å². The van der Waals surface area contributed by atoms with Crippen LogP contribution in [0.1, 0.15) is 28.4 Å². The van der Waals surface area contributed by atoms with Crippen molar-refractivity contribution >= 4 is 11.3 Å². The van der Waals surface area contributed by atoms with Gasteiger partial charge >= 0.3 is 0 Å². The number of ether oxygens (including phenoxy) is 1. The molecule has 2 aliphatic heterocycles. The van der Waals surface area contributed by atoms with E-state index in [1.165, 1.54) is 10.6 Å². The molecular formula is C19H22N6O2S. The van der Waals surface area contributed by atoms with Crippen LogP contribution in [0, 0.1) is 0 Å². The second-order valence-corrected chi connectivity index (χ2v) is 8.40. The maximum absolute atomic E-state index is 12.4. The van der Waals surface area contributed by atoms with Crippen molar-refractivity contribution in [2.24, 2.45) is 0 Å². The first-order chi connectivity index (χ1) is 13.8. The molecule has 9 heteroatoms. The van der Waals surface area contributed by atoms with Gasteiger partial charge in [-0.15, -0.1) is 11.3 Å². The quantitative estimate of drug-likeness (QED) is 0.650. The number of aromatic nitrogens is 5. The zero-order valence-electron chi connectivity index (χ0n) is 15.5. The fraction of sp³-hybridized carbons (Fsp3) is 0.474. The molecular weight excluding hydrogens is 376 g/mol. The molecule has 0 spiro atoms. The molecule has 1 atom stereocenters. The number of rotatable bonds is 5. The third-order valence-corrected chi connectivity index (χ3v) is 6.44. The van der Waals surface area contributed by atoms with Crippen LogP contribution in [0.5, 0.6) is 0 Å². The number of fused-ring (bicyclic) bond motifs is 1. The van der Waals surface area contributed by atoms with Crippen LogP contribution in [-0.4, -0.2) is 48.4 Å². The van der Waals surface area contributed by atoms with Crippen molar-refractivity contribution in [1.82, 2.24) is 29.2 Å². The second-order valence-electron chi connectivity index (χ2n) is 7.23. The van der Waals surface area contributed by atoms with Crippen LogP contribution in [0.4, 0.5) is 0 Å². The Balaban J connectivity index is 1.33. The minimum Gasteiger partial charge on any atom is -0.375 e. The smallest absolute Gasteiger partial charge is 0.266 e. The summed E-state index contributed by atoms with van der Waals surface area (Å²) in [5.41, 5.74) is 1.13. The normalized spacial score (nSPS) is 19.8. The van der Waals surface area contributed by atoms with Gasteiger partial charge < -0.3 is 4.74 Å².